The van der Waals surface area contributed by atoms with E-state index in [4.69, 9.17) is 4.98 Å². The van der Waals surface area contributed by atoms with Crippen LogP contribution in [0.25, 0.3) is 33.6 Å². The van der Waals surface area contributed by atoms with Crippen LogP contribution >= 0.6 is 0 Å². The number of fused-ring (bicyclic) bond motifs is 1. The lowest BCUT2D eigenvalue weighted by Gasteiger charge is -2.18. The molecule has 1 atom stereocenters. The highest BCUT2D eigenvalue weighted by Crippen LogP contribution is 2.32. The third kappa shape index (κ3) is 6.20. The lowest BCUT2D eigenvalue weighted by molar-refractivity contribution is -0.140. The molecule has 1 amide bonds. The zero-order chi connectivity index (χ0) is 31.5. The number of imidazole rings is 1. The highest BCUT2D eigenvalue weighted by Gasteiger charge is 2.28. The molecule has 2 aromatic carbocycles. The van der Waals surface area contributed by atoms with Crippen molar-refractivity contribution < 1.29 is 19.1 Å². The number of carboxylic acid groups (broad SMARTS) is 1. The summed E-state index contributed by atoms with van der Waals surface area (Å²) in [7, 11) is 0. The highest BCUT2D eigenvalue weighted by atomic mass is 19.1. The van der Waals surface area contributed by atoms with Crippen molar-refractivity contribution in [3.05, 3.63) is 114 Å². The van der Waals surface area contributed by atoms with Gasteiger partial charge in [0.1, 0.15) is 11.5 Å². The number of carbonyl (C=O) groups excluding carboxylic acids is 1. The van der Waals surface area contributed by atoms with Gasteiger partial charge in [-0.1, -0.05) is 36.4 Å². The van der Waals surface area contributed by atoms with Crippen molar-refractivity contribution in [1.82, 2.24) is 19.7 Å². The molecule has 9 heteroatoms. The van der Waals surface area contributed by atoms with Crippen molar-refractivity contribution in [3.8, 4) is 22.4 Å². The molecule has 0 spiro atoms. The number of amides is 1. The molecule has 0 radical (unpaired) electrons. The largest absolute Gasteiger partial charge is 0.481 e. The fourth-order valence-corrected chi connectivity index (χ4v) is 5.88. The Morgan fingerprint density at radius 1 is 1.09 bits per heavy atom. The van der Waals surface area contributed by atoms with E-state index in [1.807, 2.05) is 36.1 Å². The quantitative estimate of drug-likeness (QED) is 0.199. The van der Waals surface area contributed by atoms with E-state index < -0.39 is 17.7 Å². The van der Waals surface area contributed by atoms with Crippen molar-refractivity contribution in [2.45, 2.75) is 26.7 Å². The average Bonchev–Trinajstić information content (AvgIpc) is 3.73. The molecule has 2 N–H and O–H groups in total. The maximum absolute atomic E-state index is 15.5. The van der Waals surface area contributed by atoms with Gasteiger partial charge in [0.25, 0.3) is 5.91 Å². The summed E-state index contributed by atoms with van der Waals surface area (Å²) in [6.07, 6.45) is 10.1. The van der Waals surface area contributed by atoms with Crippen LogP contribution in [0.1, 0.15) is 41.8 Å². The second-order valence-corrected chi connectivity index (χ2v) is 11.3. The van der Waals surface area contributed by atoms with Gasteiger partial charge in [-0.3, -0.25) is 14.6 Å². The van der Waals surface area contributed by atoms with Crippen LogP contribution in [0.15, 0.2) is 91.5 Å². The van der Waals surface area contributed by atoms with Gasteiger partial charge in [0, 0.05) is 66.8 Å². The van der Waals surface area contributed by atoms with E-state index in [-0.39, 0.29) is 5.91 Å². The molecule has 6 rings (SSSR count). The van der Waals surface area contributed by atoms with E-state index in [9.17, 15) is 14.7 Å². The fourth-order valence-electron chi connectivity index (χ4n) is 5.88. The third-order valence-electron chi connectivity index (χ3n) is 8.47. The van der Waals surface area contributed by atoms with E-state index in [1.165, 1.54) is 22.8 Å². The molecule has 0 aliphatic carbocycles. The van der Waals surface area contributed by atoms with Crippen LogP contribution in [-0.4, -0.2) is 51.0 Å². The Hall–Kier alpha value is -5.31. The SMILES string of the molecule is C/C=C(/C)c1ccccc1CCNC(=O)c1cc(-c2cccnc2)c2nc(-c3ccc(N4CC[C@H](C(=O)O)C4)cc3F)cn2c1. The Labute approximate surface area is 260 Å². The molecule has 1 fully saturated rings. The zero-order valence-corrected chi connectivity index (χ0v) is 25.2. The number of benzene rings is 2. The second kappa shape index (κ2) is 12.7. The third-order valence-corrected chi connectivity index (χ3v) is 8.47. The molecule has 8 nitrogen and oxygen atoms in total. The van der Waals surface area contributed by atoms with E-state index in [0.717, 1.165) is 5.56 Å². The number of nitrogens with one attached hydrogen (secondary N) is 1. The first kappa shape index (κ1) is 29.7. The van der Waals surface area contributed by atoms with Crippen LogP contribution in [0.2, 0.25) is 0 Å². The Morgan fingerprint density at radius 3 is 2.67 bits per heavy atom. The molecule has 0 unspecified atom stereocenters. The second-order valence-electron chi connectivity index (χ2n) is 11.3. The standard InChI is InChI=1S/C36H34FN5O3/c1-3-23(2)29-9-5-4-7-24(29)12-15-39-35(43)27-17-31(25-8-6-14-38-19-25)34-40-33(22-42(34)21-27)30-11-10-28(18-32(30)37)41-16-13-26(20-41)36(44)45/h3-11,14,17-19,21-22,26H,12-13,15-16,20H2,1-2H3,(H,39,43)(H,44,45)/b23-3-/t26-/m0/s1. The number of carbonyl (C=O) groups is 2. The number of aliphatic carboxylic acids is 1. The molecule has 45 heavy (non-hydrogen) atoms. The van der Waals surface area contributed by atoms with Gasteiger partial charge in [-0.15, -0.1) is 0 Å². The van der Waals surface area contributed by atoms with E-state index in [2.05, 4.69) is 35.4 Å². The minimum Gasteiger partial charge on any atom is -0.481 e. The summed E-state index contributed by atoms with van der Waals surface area (Å²) in [5.74, 6) is -1.97. The van der Waals surface area contributed by atoms with E-state index >= 15 is 4.39 Å². The summed E-state index contributed by atoms with van der Waals surface area (Å²) in [6.45, 7) is 5.47. The molecule has 1 saturated heterocycles. The first-order valence-corrected chi connectivity index (χ1v) is 15.0. The average molecular weight is 604 g/mol. The number of rotatable bonds is 9. The van der Waals surface area contributed by atoms with Crippen molar-refractivity contribution in [1.29, 1.82) is 0 Å². The summed E-state index contributed by atoms with van der Waals surface area (Å²) in [5.41, 5.74) is 7.39. The summed E-state index contributed by atoms with van der Waals surface area (Å²) in [4.78, 5) is 35.7. The van der Waals surface area contributed by atoms with Gasteiger partial charge in [0.05, 0.1) is 17.2 Å². The smallest absolute Gasteiger partial charge is 0.308 e. The predicted molar refractivity (Wildman–Crippen MR) is 174 cm³/mol. The number of nitrogens with zero attached hydrogens (tertiary/aromatic N) is 4. The van der Waals surface area contributed by atoms with Gasteiger partial charge in [0.15, 0.2) is 0 Å². The van der Waals surface area contributed by atoms with Crippen molar-refractivity contribution in [2.75, 3.05) is 24.5 Å². The van der Waals surface area contributed by atoms with Gasteiger partial charge in [0.2, 0.25) is 0 Å². The molecule has 228 valence electrons. The Kier molecular flexibility index (Phi) is 8.42. The molecular formula is C36H34FN5O3. The number of carboxylic acids is 1. The van der Waals surface area contributed by atoms with Crippen molar-refractivity contribution in [2.24, 2.45) is 5.92 Å². The Balaban J connectivity index is 1.28. The van der Waals surface area contributed by atoms with E-state index in [1.54, 1.807) is 47.4 Å². The fraction of sp³-hybridized carbons (Fsp3) is 0.222. The number of halogens is 1. The summed E-state index contributed by atoms with van der Waals surface area (Å²) < 4.78 is 17.3. The molecular weight excluding hydrogens is 569 g/mol. The maximum atomic E-state index is 15.5. The maximum Gasteiger partial charge on any atom is 0.308 e. The van der Waals surface area contributed by atoms with Gasteiger partial charge >= 0.3 is 5.97 Å². The number of aromatic nitrogens is 3. The Bertz CT molecular complexity index is 1920. The van der Waals surface area contributed by atoms with Gasteiger partial charge in [-0.25, -0.2) is 9.37 Å². The molecule has 0 saturated carbocycles. The minimum absolute atomic E-state index is 0.224. The number of hydrogen-bond donors (Lipinski definition) is 2. The molecule has 4 heterocycles. The van der Waals surface area contributed by atoms with E-state index in [0.29, 0.717) is 66.2 Å². The van der Waals surface area contributed by atoms with Crippen LogP contribution in [0.3, 0.4) is 0 Å². The topological polar surface area (TPSA) is 99.8 Å². The van der Waals surface area contributed by atoms with Crippen LogP contribution in [0.5, 0.6) is 0 Å². The molecule has 0 bridgehead atoms. The van der Waals surface area contributed by atoms with Crippen LogP contribution in [0, 0.1) is 11.7 Å². The molecule has 1 aliphatic rings. The normalized spacial score (nSPS) is 15.0. The summed E-state index contributed by atoms with van der Waals surface area (Å²) in [6, 6.07) is 18.6. The summed E-state index contributed by atoms with van der Waals surface area (Å²) in [5, 5.41) is 12.4. The lowest BCUT2D eigenvalue weighted by Crippen LogP contribution is -2.26. The van der Waals surface area contributed by atoms with Crippen LogP contribution in [0.4, 0.5) is 10.1 Å². The van der Waals surface area contributed by atoms with Crippen LogP contribution in [-0.2, 0) is 11.2 Å². The predicted octanol–water partition coefficient (Wildman–Crippen LogP) is 6.51. The van der Waals surface area contributed by atoms with Gasteiger partial charge < -0.3 is 19.7 Å². The molecule has 1 aliphatic heterocycles. The summed E-state index contributed by atoms with van der Waals surface area (Å²) >= 11 is 0. The first-order valence-electron chi connectivity index (χ1n) is 15.0. The number of anilines is 1. The first-order chi connectivity index (χ1) is 21.8. The Morgan fingerprint density at radius 2 is 1.93 bits per heavy atom. The number of allylic oxidation sites excluding steroid dienone is 2. The molecule has 5 aromatic rings. The van der Waals surface area contributed by atoms with Crippen molar-refractivity contribution in [3.63, 3.8) is 0 Å². The molecule has 3 aromatic heterocycles. The van der Waals surface area contributed by atoms with Crippen LogP contribution < -0.4 is 10.2 Å². The van der Waals surface area contributed by atoms with Crippen molar-refractivity contribution >= 4 is 28.8 Å². The van der Waals surface area contributed by atoms with Gasteiger partial charge in [-0.05, 0) is 73.7 Å². The lowest BCUT2D eigenvalue weighted by atomic mass is 9.98. The number of pyridine rings is 2. The monoisotopic (exact) mass is 603 g/mol. The van der Waals surface area contributed by atoms with Gasteiger partial charge in [-0.2, -0.15) is 0 Å². The minimum atomic E-state index is -0.832. The zero-order valence-electron chi connectivity index (χ0n) is 25.2. The number of hydrogen-bond acceptors (Lipinski definition) is 5. The highest BCUT2D eigenvalue weighted by molar-refractivity contribution is 5.97.